The largest absolute Gasteiger partial charge is 0.434 e. The third kappa shape index (κ3) is 4.88. The summed E-state index contributed by atoms with van der Waals surface area (Å²) < 4.78 is 97.8. The van der Waals surface area contributed by atoms with Gasteiger partial charge in [0, 0.05) is 30.0 Å². The van der Waals surface area contributed by atoms with E-state index < -0.39 is 38.3 Å². The molecule has 3 aromatic carbocycles. The van der Waals surface area contributed by atoms with Crippen molar-refractivity contribution in [1.82, 2.24) is 13.9 Å². The molecule has 4 aromatic rings. The van der Waals surface area contributed by atoms with Crippen LogP contribution in [0, 0.1) is 5.82 Å². The monoisotopic (exact) mass is 565 g/mol. The van der Waals surface area contributed by atoms with Crippen molar-refractivity contribution in [2.24, 2.45) is 0 Å². The standard InChI is InChI=1S/C25H22F3N3O5S2/c1-37(32,33)16-9-7-15(8-10-16)18-11-21-20(12-19(18)26)29-24-14-30(38(2,34)35)13-22(31(21)24)17-5-3-4-6-23(17)36-25(27)28/h3-12,22,25H,13-14H2,1-2H3. The van der Waals surface area contributed by atoms with Gasteiger partial charge < -0.3 is 9.30 Å². The minimum absolute atomic E-state index is 0.0843. The van der Waals surface area contributed by atoms with Gasteiger partial charge in [-0.1, -0.05) is 30.3 Å². The first-order chi connectivity index (χ1) is 17.8. The molecule has 0 fully saturated rings. The number of ether oxygens (including phenoxy) is 1. The second kappa shape index (κ2) is 9.40. The van der Waals surface area contributed by atoms with Gasteiger partial charge in [-0.05, 0) is 29.8 Å². The Kier molecular flexibility index (Phi) is 6.48. The van der Waals surface area contributed by atoms with Crippen LogP contribution < -0.4 is 4.74 Å². The highest BCUT2D eigenvalue weighted by Gasteiger charge is 2.35. The Hall–Kier alpha value is -3.42. The molecule has 0 aliphatic carbocycles. The van der Waals surface area contributed by atoms with Crippen molar-refractivity contribution in [2.75, 3.05) is 19.1 Å². The summed E-state index contributed by atoms with van der Waals surface area (Å²) in [4.78, 5) is 4.56. The first-order valence-electron chi connectivity index (χ1n) is 11.3. The minimum Gasteiger partial charge on any atom is -0.434 e. The summed E-state index contributed by atoms with van der Waals surface area (Å²) in [6.07, 6.45) is 2.12. The number of nitrogens with zero attached hydrogens (tertiary/aromatic N) is 3. The van der Waals surface area contributed by atoms with Crippen molar-refractivity contribution in [3.63, 3.8) is 0 Å². The fourth-order valence-electron chi connectivity index (χ4n) is 4.67. The number of hydrogen-bond acceptors (Lipinski definition) is 6. The lowest BCUT2D eigenvalue weighted by molar-refractivity contribution is -0.0508. The zero-order valence-corrected chi connectivity index (χ0v) is 21.8. The Balaban J connectivity index is 1.71. The Morgan fingerprint density at radius 2 is 1.68 bits per heavy atom. The van der Waals surface area contributed by atoms with Crippen LogP contribution in [0.1, 0.15) is 17.4 Å². The number of sulfone groups is 1. The lowest BCUT2D eigenvalue weighted by atomic mass is 10.0. The molecule has 0 saturated heterocycles. The maximum atomic E-state index is 15.2. The first-order valence-corrected chi connectivity index (χ1v) is 15.1. The summed E-state index contributed by atoms with van der Waals surface area (Å²) in [5.41, 5.74) is 1.60. The highest BCUT2D eigenvalue weighted by Crippen LogP contribution is 2.38. The van der Waals surface area contributed by atoms with Crippen LogP contribution in [0.4, 0.5) is 13.2 Å². The fourth-order valence-corrected chi connectivity index (χ4v) is 6.07. The summed E-state index contributed by atoms with van der Waals surface area (Å²) in [6.45, 7) is -3.28. The number of alkyl halides is 2. The zero-order valence-electron chi connectivity index (χ0n) is 20.2. The molecule has 1 aliphatic heterocycles. The van der Waals surface area contributed by atoms with Gasteiger partial charge in [-0.3, -0.25) is 0 Å². The number of benzene rings is 3. The molecule has 8 nitrogen and oxygen atoms in total. The van der Waals surface area contributed by atoms with Gasteiger partial charge in [0.05, 0.1) is 34.8 Å². The summed E-state index contributed by atoms with van der Waals surface area (Å²) >= 11 is 0. The van der Waals surface area contributed by atoms with Gasteiger partial charge in [-0.2, -0.15) is 13.1 Å². The number of imidazole rings is 1. The normalized spacial score (nSPS) is 16.6. The van der Waals surface area contributed by atoms with Gasteiger partial charge >= 0.3 is 6.61 Å². The fraction of sp³-hybridized carbons (Fsp3) is 0.240. The number of halogens is 3. The van der Waals surface area contributed by atoms with Crippen molar-refractivity contribution < 1.29 is 34.7 Å². The van der Waals surface area contributed by atoms with E-state index in [0.717, 1.165) is 12.5 Å². The van der Waals surface area contributed by atoms with E-state index in [1.54, 1.807) is 16.7 Å². The molecule has 0 amide bonds. The smallest absolute Gasteiger partial charge is 0.387 e. The second-order valence-corrected chi connectivity index (χ2v) is 13.0. The number of hydrogen-bond donors (Lipinski definition) is 0. The van der Waals surface area contributed by atoms with Crippen molar-refractivity contribution in [3.8, 4) is 16.9 Å². The summed E-state index contributed by atoms with van der Waals surface area (Å²) in [7, 11) is -7.14. The van der Waals surface area contributed by atoms with Crippen LogP contribution in [0.25, 0.3) is 22.2 Å². The SMILES string of the molecule is CS(=O)(=O)c1ccc(-c2cc3c(cc2F)nc2n3C(c3ccccc3OC(F)F)CN(S(C)(=O)=O)C2)cc1. The molecule has 0 N–H and O–H groups in total. The van der Waals surface area contributed by atoms with E-state index in [1.165, 1.54) is 52.8 Å². The molecule has 1 unspecified atom stereocenters. The molecule has 2 heterocycles. The maximum Gasteiger partial charge on any atom is 0.387 e. The quantitative estimate of drug-likeness (QED) is 0.347. The zero-order chi connectivity index (χ0) is 27.4. The molecule has 13 heteroatoms. The van der Waals surface area contributed by atoms with E-state index >= 15 is 4.39 Å². The molecule has 0 bridgehead atoms. The Bertz CT molecular complexity index is 1760. The van der Waals surface area contributed by atoms with E-state index in [4.69, 9.17) is 4.74 Å². The first kappa shape index (κ1) is 26.2. The molecule has 5 rings (SSSR count). The highest BCUT2D eigenvalue weighted by molar-refractivity contribution is 7.90. The highest BCUT2D eigenvalue weighted by atomic mass is 32.2. The molecule has 38 heavy (non-hydrogen) atoms. The average molecular weight is 566 g/mol. The summed E-state index contributed by atoms with van der Waals surface area (Å²) in [6, 6.07) is 13.8. The Labute approximate surface area is 217 Å². The minimum atomic E-state index is -3.69. The molecule has 0 saturated carbocycles. The number of sulfonamides is 1. The molecular formula is C25H22F3N3O5S2. The lowest BCUT2D eigenvalue weighted by Crippen LogP contribution is -2.41. The van der Waals surface area contributed by atoms with E-state index in [0.29, 0.717) is 22.5 Å². The van der Waals surface area contributed by atoms with Crippen LogP contribution in [-0.2, 0) is 26.4 Å². The topological polar surface area (TPSA) is 98.6 Å². The predicted molar refractivity (Wildman–Crippen MR) is 135 cm³/mol. The molecule has 1 atom stereocenters. The molecule has 0 radical (unpaired) electrons. The molecule has 0 spiro atoms. The van der Waals surface area contributed by atoms with Crippen LogP contribution in [0.2, 0.25) is 0 Å². The van der Waals surface area contributed by atoms with E-state index in [1.807, 2.05) is 0 Å². The van der Waals surface area contributed by atoms with Gasteiger partial charge in [0.15, 0.2) is 9.84 Å². The summed E-state index contributed by atoms with van der Waals surface area (Å²) in [5, 5.41) is 0. The third-order valence-electron chi connectivity index (χ3n) is 6.41. The van der Waals surface area contributed by atoms with Crippen LogP contribution in [-0.4, -0.2) is 56.4 Å². The molecule has 1 aromatic heterocycles. The number of rotatable bonds is 6. The van der Waals surface area contributed by atoms with Gasteiger partial charge in [-0.15, -0.1) is 0 Å². The van der Waals surface area contributed by atoms with Crippen molar-refractivity contribution in [3.05, 3.63) is 77.9 Å². The van der Waals surface area contributed by atoms with Gasteiger partial charge in [0.1, 0.15) is 17.4 Å². The van der Waals surface area contributed by atoms with E-state index in [-0.39, 0.29) is 34.8 Å². The number of fused-ring (bicyclic) bond motifs is 3. The van der Waals surface area contributed by atoms with Crippen LogP contribution in [0.15, 0.2) is 65.6 Å². The second-order valence-electron chi connectivity index (χ2n) is 9.00. The third-order valence-corrected chi connectivity index (χ3v) is 8.76. The lowest BCUT2D eigenvalue weighted by Gasteiger charge is -2.34. The maximum absolute atomic E-state index is 15.2. The predicted octanol–water partition coefficient (Wildman–Crippen LogP) is 4.21. The van der Waals surface area contributed by atoms with Crippen LogP contribution >= 0.6 is 0 Å². The van der Waals surface area contributed by atoms with Gasteiger partial charge in [0.2, 0.25) is 10.0 Å². The average Bonchev–Trinajstić information content (AvgIpc) is 3.19. The van der Waals surface area contributed by atoms with Crippen molar-refractivity contribution in [1.29, 1.82) is 0 Å². The Morgan fingerprint density at radius 1 is 1.00 bits per heavy atom. The van der Waals surface area contributed by atoms with E-state index in [9.17, 15) is 25.6 Å². The van der Waals surface area contributed by atoms with Crippen molar-refractivity contribution in [2.45, 2.75) is 24.1 Å². The number of aromatic nitrogens is 2. The van der Waals surface area contributed by atoms with E-state index in [2.05, 4.69) is 4.98 Å². The van der Waals surface area contributed by atoms with Gasteiger partial charge in [0.25, 0.3) is 0 Å². The van der Waals surface area contributed by atoms with Crippen LogP contribution in [0.5, 0.6) is 5.75 Å². The van der Waals surface area contributed by atoms with Crippen molar-refractivity contribution >= 4 is 30.9 Å². The Morgan fingerprint density at radius 3 is 2.32 bits per heavy atom. The molecule has 200 valence electrons. The van der Waals surface area contributed by atoms with Crippen LogP contribution in [0.3, 0.4) is 0 Å². The number of para-hydroxylation sites is 1. The van der Waals surface area contributed by atoms with Gasteiger partial charge in [-0.25, -0.2) is 26.2 Å². The molecular weight excluding hydrogens is 543 g/mol. The molecule has 1 aliphatic rings. The summed E-state index contributed by atoms with van der Waals surface area (Å²) in [5.74, 6) is -0.426.